The Bertz CT molecular complexity index is 1380. The Balaban J connectivity index is 2.54. The maximum absolute atomic E-state index is 15.1. The number of allylic oxidation sites excluding steroid dienone is 1. The molecule has 12 heteroatoms. The minimum Gasteiger partial charge on any atom is -0.466 e. The predicted octanol–water partition coefficient (Wildman–Crippen LogP) is 1.37. The van der Waals surface area contributed by atoms with Crippen molar-refractivity contribution >= 4 is 27.6 Å². The molecule has 0 spiro atoms. The quantitative estimate of drug-likeness (QED) is 0.593. The van der Waals surface area contributed by atoms with Crippen molar-refractivity contribution in [1.29, 1.82) is 5.26 Å². The van der Waals surface area contributed by atoms with Gasteiger partial charge in [0.1, 0.15) is 27.9 Å². The third kappa shape index (κ3) is 4.09. The van der Waals surface area contributed by atoms with Crippen LogP contribution in [-0.4, -0.2) is 34.6 Å². The summed E-state index contributed by atoms with van der Waals surface area (Å²) in [7, 11) is -2.50. The van der Waals surface area contributed by atoms with Crippen LogP contribution < -0.4 is 15.8 Å². The van der Waals surface area contributed by atoms with Crippen LogP contribution in [-0.2, 0) is 29.1 Å². The zero-order chi connectivity index (χ0) is 25.2. The van der Waals surface area contributed by atoms with Gasteiger partial charge in [-0.25, -0.2) is 27.5 Å². The summed E-state index contributed by atoms with van der Waals surface area (Å²) in [5.41, 5.74) is 4.58. The number of sulfonamides is 1. The Morgan fingerprint density at radius 1 is 1.06 bits per heavy atom. The number of methoxy groups -OCH3 is 2. The maximum Gasteiger partial charge on any atom is 0.355 e. The second kappa shape index (κ2) is 9.34. The molecule has 0 saturated carbocycles. The van der Waals surface area contributed by atoms with E-state index in [9.17, 15) is 23.3 Å². The van der Waals surface area contributed by atoms with Crippen LogP contribution in [0, 0.1) is 17.1 Å². The van der Waals surface area contributed by atoms with E-state index in [4.69, 9.17) is 20.3 Å². The molecule has 0 saturated heterocycles. The standard InChI is InChI=1S/C22H19FN4O6S/c1-32-21(28)17-16(12-7-4-3-5-8-12)13(11-24)20(25)27(19(17)22(29)33-2)18-14(23)9-6-10-15(18)34(26,30)31/h3-10,16H,25H2,1-2H3,(H2,26,30,31). The molecular formula is C22H19FN4O6S. The average Bonchev–Trinajstić information content (AvgIpc) is 2.82. The molecule has 0 fully saturated rings. The van der Waals surface area contributed by atoms with Gasteiger partial charge < -0.3 is 15.2 Å². The van der Waals surface area contributed by atoms with Gasteiger partial charge in [0, 0.05) is 0 Å². The van der Waals surface area contributed by atoms with Gasteiger partial charge in [-0.2, -0.15) is 5.26 Å². The first kappa shape index (κ1) is 24.4. The summed E-state index contributed by atoms with van der Waals surface area (Å²) in [5.74, 6) is -5.05. The summed E-state index contributed by atoms with van der Waals surface area (Å²) in [6.07, 6.45) is 0. The van der Waals surface area contributed by atoms with Crippen molar-refractivity contribution in [2.45, 2.75) is 10.8 Å². The minimum atomic E-state index is -4.55. The molecule has 176 valence electrons. The number of nitrogens with zero attached hydrogens (tertiary/aromatic N) is 2. The molecule has 0 aliphatic carbocycles. The fourth-order valence-corrected chi connectivity index (χ4v) is 4.41. The van der Waals surface area contributed by atoms with Crippen molar-refractivity contribution in [3.63, 3.8) is 0 Å². The lowest BCUT2D eigenvalue weighted by Crippen LogP contribution is -2.42. The topological polar surface area (TPSA) is 166 Å². The zero-order valence-corrected chi connectivity index (χ0v) is 18.8. The molecule has 1 atom stereocenters. The molecule has 0 amide bonds. The van der Waals surface area contributed by atoms with Crippen LogP contribution in [0.3, 0.4) is 0 Å². The number of ether oxygens (including phenoxy) is 2. The first-order valence-electron chi connectivity index (χ1n) is 9.55. The van der Waals surface area contributed by atoms with Gasteiger partial charge in [-0.1, -0.05) is 36.4 Å². The van der Waals surface area contributed by atoms with Crippen molar-refractivity contribution in [2.75, 3.05) is 19.1 Å². The number of hydrogen-bond donors (Lipinski definition) is 2. The summed E-state index contributed by atoms with van der Waals surface area (Å²) in [4.78, 5) is 25.9. The SMILES string of the molecule is COC(=O)C1=C(C(=O)OC)N(c2c(F)cccc2S(N)(=O)=O)C(N)=C(C#N)C1c1ccccc1. The number of anilines is 1. The molecule has 4 N–H and O–H groups in total. The van der Waals surface area contributed by atoms with E-state index in [1.165, 1.54) is 0 Å². The van der Waals surface area contributed by atoms with Gasteiger partial charge in [0.25, 0.3) is 0 Å². The van der Waals surface area contributed by atoms with Gasteiger partial charge in [-0.3, -0.25) is 4.90 Å². The van der Waals surface area contributed by atoms with Gasteiger partial charge in [-0.15, -0.1) is 0 Å². The number of rotatable bonds is 5. The lowest BCUT2D eigenvalue weighted by atomic mass is 9.81. The van der Waals surface area contributed by atoms with Crippen LogP contribution in [0.2, 0.25) is 0 Å². The van der Waals surface area contributed by atoms with Gasteiger partial charge in [-0.05, 0) is 17.7 Å². The number of nitriles is 1. The minimum absolute atomic E-state index is 0.261. The number of primary sulfonamides is 1. The predicted molar refractivity (Wildman–Crippen MR) is 117 cm³/mol. The summed E-state index contributed by atoms with van der Waals surface area (Å²) in [5, 5.41) is 15.2. The number of para-hydroxylation sites is 1. The van der Waals surface area contributed by atoms with Crippen molar-refractivity contribution in [3.8, 4) is 6.07 Å². The summed E-state index contributed by atoms with van der Waals surface area (Å²) >= 11 is 0. The molecule has 10 nitrogen and oxygen atoms in total. The highest BCUT2D eigenvalue weighted by atomic mass is 32.2. The molecule has 2 aromatic carbocycles. The van der Waals surface area contributed by atoms with Crippen molar-refractivity contribution in [1.82, 2.24) is 0 Å². The van der Waals surface area contributed by atoms with E-state index in [-0.39, 0.29) is 5.57 Å². The molecule has 0 radical (unpaired) electrons. The summed E-state index contributed by atoms with van der Waals surface area (Å²) in [6, 6.07) is 13.0. The summed E-state index contributed by atoms with van der Waals surface area (Å²) < 4.78 is 49.3. The maximum atomic E-state index is 15.1. The van der Waals surface area contributed by atoms with Crippen molar-refractivity contribution < 1.29 is 31.9 Å². The van der Waals surface area contributed by atoms with E-state index >= 15 is 4.39 Å². The molecule has 1 aliphatic heterocycles. The lowest BCUT2D eigenvalue weighted by Gasteiger charge is -2.36. The molecule has 1 unspecified atom stereocenters. The second-order valence-electron chi connectivity index (χ2n) is 6.97. The van der Waals surface area contributed by atoms with Crippen molar-refractivity contribution in [2.24, 2.45) is 10.9 Å². The average molecular weight is 486 g/mol. The monoisotopic (exact) mass is 486 g/mol. The van der Waals surface area contributed by atoms with E-state index < -0.39 is 61.4 Å². The van der Waals surface area contributed by atoms with E-state index in [1.807, 2.05) is 6.07 Å². The largest absolute Gasteiger partial charge is 0.466 e. The molecule has 1 aliphatic rings. The Morgan fingerprint density at radius 3 is 2.21 bits per heavy atom. The fourth-order valence-electron chi connectivity index (χ4n) is 3.69. The van der Waals surface area contributed by atoms with E-state index in [0.29, 0.717) is 10.5 Å². The number of carbonyl (C=O) groups is 2. The highest BCUT2D eigenvalue weighted by Gasteiger charge is 2.44. The lowest BCUT2D eigenvalue weighted by molar-refractivity contribution is -0.139. The normalized spacial score (nSPS) is 16.2. The number of carbonyl (C=O) groups excluding carboxylic acids is 2. The Labute approximate surface area is 194 Å². The highest BCUT2D eigenvalue weighted by molar-refractivity contribution is 7.89. The Morgan fingerprint density at radius 2 is 1.68 bits per heavy atom. The van der Waals surface area contributed by atoms with Gasteiger partial charge >= 0.3 is 11.9 Å². The third-order valence-electron chi connectivity index (χ3n) is 5.09. The number of halogens is 1. The number of benzene rings is 2. The molecular weight excluding hydrogens is 467 g/mol. The van der Waals surface area contributed by atoms with Crippen LogP contribution in [0.1, 0.15) is 11.5 Å². The van der Waals surface area contributed by atoms with Gasteiger partial charge in [0.2, 0.25) is 10.0 Å². The van der Waals surface area contributed by atoms with Gasteiger partial charge in [0.05, 0.1) is 37.4 Å². The fraction of sp³-hybridized carbons (Fsp3) is 0.136. The Hall–Kier alpha value is -4.21. The van der Waals surface area contributed by atoms with Crippen LogP contribution in [0.4, 0.5) is 10.1 Å². The van der Waals surface area contributed by atoms with Crippen LogP contribution >= 0.6 is 0 Å². The number of nitrogens with two attached hydrogens (primary N) is 2. The second-order valence-corrected chi connectivity index (χ2v) is 8.50. The first-order chi connectivity index (χ1) is 16.1. The first-order valence-corrected chi connectivity index (χ1v) is 11.1. The molecule has 34 heavy (non-hydrogen) atoms. The van der Waals surface area contributed by atoms with Gasteiger partial charge in [0.15, 0.2) is 0 Å². The molecule has 0 bridgehead atoms. The van der Waals surface area contributed by atoms with Crippen LogP contribution in [0.5, 0.6) is 0 Å². The van der Waals surface area contributed by atoms with Crippen LogP contribution in [0.15, 0.2) is 76.1 Å². The van der Waals surface area contributed by atoms with Crippen molar-refractivity contribution in [3.05, 3.63) is 82.6 Å². The van der Waals surface area contributed by atoms with Crippen LogP contribution in [0.25, 0.3) is 0 Å². The number of hydrogen-bond acceptors (Lipinski definition) is 9. The molecule has 1 heterocycles. The molecule has 3 rings (SSSR count). The number of esters is 2. The van der Waals surface area contributed by atoms with E-state index in [0.717, 1.165) is 32.4 Å². The highest BCUT2D eigenvalue weighted by Crippen LogP contribution is 2.45. The Kier molecular flexibility index (Phi) is 6.71. The zero-order valence-electron chi connectivity index (χ0n) is 18.0. The summed E-state index contributed by atoms with van der Waals surface area (Å²) in [6.45, 7) is 0. The third-order valence-corrected chi connectivity index (χ3v) is 6.03. The van der Waals surface area contributed by atoms with E-state index in [1.54, 1.807) is 30.3 Å². The van der Waals surface area contributed by atoms with E-state index in [2.05, 4.69) is 0 Å². The smallest absolute Gasteiger partial charge is 0.355 e. The molecule has 0 aromatic heterocycles. The molecule has 2 aromatic rings.